The first kappa shape index (κ1) is 27.9. The summed E-state index contributed by atoms with van der Waals surface area (Å²) < 4.78 is 0. The highest BCUT2D eigenvalue weighted by Gasteiger charge is 2.64. The summed E-state index contributed by atoms with van der Waals surface area (Å²) in [6.07, 6.45) is 10.6. The Labute approximate surface area is 228 Å². The molecule has 212 valence electrons. The highest BCUT2D eigenvalue weighted by atomic mass is 16.4. The smallest absolute Gasteiger partial charge is 0.407 e. The van der Waals surface area contributed by atoms with E-state index >= 15 is 0 Å². The van der Waals surface area contributed by atoms with Gasteiger partial charge in [-0.25, -0.2) is 4.79 Å². The van der Waals surface area contributed by atoms with Crippen molar-refractivity contribution in [2.75, 3.05) is 13.2 Å². The molecule has 1 amide bonds. The molecule has 9 atom stereocenters. The van der Waals surface area contributed by atoms with Gasteiger partial charge in [-0.05, 0) is 92.3 Å². The molecule has 1 aliphatic heterocycles. The van der Waals surface area contributed by atoms with Crippen LogP contribution in [-0.4, -0.2) is 52.0 Å². The standard InChI is InChI=1S/C32H49NO5/c1-30(2,3)25-17-20(12-15-33(25)29(37)38)7-6-19-10-13-31(4)23-11-14-32(5)22(8-9-26(32)35)27(23)28(36)21(18-34)24(31)16-19/h6,20-25,27,34H,7-18H2,1-5H3,(H,37,38)/t20?,21-,22?,23?,24?,25?,27?,31-,32+/m1/s1. The number of allylic oxidation sites excluding steroid dienone is 2. The molecular formula is C32H49NO5. The van der Waals surface area contributed by atoms with Crippen LogP contribution >= 0.6 is 0 Å². The van der Waals surface area contributed by atoms with Gasteiger partial charge < -0.3 is 15.1 Å². The Bertz CT molecular complexity index is 1010. The first-order valence-electron chi connectivity index (χ1n) is 15.2. The van der Waals surface area contributed by atoms with Crippen molar-refractivity contribution in [2.24, 2.45) is 51.8 Å². The average molecular weight is 528 g/mol. The van der Waals surface area contributed by atoms with E-state index in [1.54, 1.807) is 4.90 Å². The number of piperidine rings is 1. The molecule has 4 saturated carbocycles. The van der Waals surface area contributed by atoms with Crippen LogP contribution in [0.5, 0.6) is 0 Å². The predicted molar refractivity (Wildman–Crippen MR) is 146 cm³/mol. The molecule has 0 radical (unpaired) electrons. The van der Waals surface area contributed by atoms with Crippen molar-refractivity contribution < 1.29 is 24.6 Å². The molecule has 0 aromatic carbocycles. The fourth-order valence-electron chi connectivity index (χ4n) is 9.83. The van der Waals surface area contributed by atoms with Gasteiger partial charge in [0.15, 0.2) is 0 Å². The Morgan fingerprint density at radius 3 is 2.45 bits per heavy atom. The second kappa shape index (κ2) is 9.74. The maximum absolute atomic E-state index is 14.0. The lowest BCUT2D eigenvalue weighted by atomic mass is 9.42. The first-order chi connectivity index (χ1) is 17.8. The van der Waals surface area contributed by atoms with Crippen LogP contribution in [0.15, 0.2) is 11.6 Å². The summed E-state index contributed by atoms with van der Waals surface area (Å²) in [5.74, 6) is 1.29. The molecule has 1 saturated heterocycles. The van der Waals surface area contributed by atoms with Crippen LogP contribution in [0.25, 0.3) is 0 Å². The highest BCUT2D eigenvalue weighted by molar-refractivity contribution is 5.91. The van der Waals surface area contributed by atoms with Crippen molar-refractivity contribution in [3.8, 4) is 0 Å². The molecule has 0 bridgehead atoms. The molecule has 1 heterocycles. The Morgan fingerprint density at radius 2 is 1.79 bits per heavy atom. The summed E-state index contributed by atoms with van der Waals surface area (Å²) in [7, 11) is 0. The number of hydrogen-bond acceptors (Lipinski definition) is 4. The van der Waals surface area contributed by atoms with E-state index in [0.29, 0.717) is 30.6 Å². The zero-order chi connectivity index (χ0) is 27.6. The number of Topliss-reactive ketones (excluding diaryl/α,β-unsaturated/α-hetero) is 2. The molecule has 0 spiro atoms. The summed E-state index contributed by atoms with van der Waals surface area (Å²) in [4.78, 5) is 40.2. The van der Waals surface area contributed by atoms with Gasteiger partial charge >= 0.3 is 6.09 Å². The van der Waals surface area contributed by atoms with Gasteiger partial charge in [0.25, 0.3) is 0 Å². The number of aliphatic hydroxyl groups excluding tert-OH is 1. The van der Waals surface area contributed by atoms with Gasteiger partial charge in [0.1, 0.15) is 11.6 Å². The SMILES string of the molecule is CC(C)(C)C1CC(CC=C2CC[C@]3(C)C4CC[C@]5(C)C(=O)CCC5C4C(=O)[C@H](CO)C3C2)CCN1C(=O)O. The lowest BCUT2D eigenvalue weighted by Gasteiger charge is -2.60. The molecule has 0 aromatic heterocycles. The van der Waals surface area contributed by atoms with Crippen molar-refractivity contribution >= 4 is 17.7 Å². The number of rotatable bonds is 3. The van der Waals surface area contributed by atoms with Crippen LogP contribution < -0.4 is 0 Å². The summed E-state index contributed by atoms with van der Waals surface area (Å²) >= 11 is 0. The van der Waals surface area contributed by atoms with E-state index < -0.39 is 6.09 Å². The first-order valence-corrected chi connectivity index (χ1v) is 15.2. The zero-order valence-corrected chi connectivity index (χ0v) is 24.2. The summed E-state index contributed by atoms with van der Waals surface area (Å²) in [6.45, 7) is 11.4. The topological polar surface area (TPSA) is 94.9 Å². The minimum atomic E-state index is -0.811. The summed E-state index contributed by atoms with van der Waals surface area (Å²) in [5.41, 5.74) is 1.01. The molecule has 2 N–H and O–H groups in total. The van der Waals surface area contributed by atoms with Gasteiger partial charge in [0.05, 0.1) is 6.61 Å². The van der Waals surface area contributed by atoms with Crippen LogP contribution in [-0.2, 0) is 9.59 Å². The minimum absolute atomic E-state index is 0.0259. The number of ketones is 2. The molecule has 38 heavy (non-hydrogen) atoms. The fraction of sp³-hybridized carbons (Fsp3) is 0.844. The lowest BCUT2D eigenvalue weighted by Crippen LogP contribution is -2.60. The quantitative estimate of drug-likeness (QED) is 0.431. The van der Waals surface area contributed by atoms with Gasteiger partial charge in [-0.2, -0.15) is 0 Å². The van der Waals surface area contributed by atoms with Crippen LogP contribution in [0.1, 0.15) is 98.8 Å². The van der Waals surface area contributed by atoms with Gasteiger partial charge in [-0.15, -0.1) is 0 Å². The van der Waals surface area contributed by atoms with Gasteiger partial charge in [0.2, 0.25) is 0 Å². The van der Waals surface area contributed by atoms with Gasteiger partial charge in [-0.3, -0.25) is 9.59 Å². The number of aliphatic hydroxyl groups is 1. The zero-order valence-electron chi connectivity index (χ0n) is 24.2. The molecule has 5 fully saturated rings. The van der Waals surface area contributed by atoms with E-state index in [-0.39, 0.29) is 58.3 Å². The van der Waals surface area contributed by atoms with Crippen LogP contribution in [0.3, 0.4) is 0 Å². The largest absolute Gasteiger partial charge is 0.465 e. The third-order valence-electron chi connectivity index (χ3n) is 12.2. The lowest BCUT2D eigenvalue weighted by molar-refractivity contribution is -0.167. The van der Waals surface area contributed by atoms with E-state index in [1.807, 2.05) is 0 Å². The van der Waals surface area contributed by atoms with Crippen molar-refractivity contribution in [3.05, 3.63) is 11.6 Å². The third kappa shape index (κ3) is 4.37. The van der Waals surface area contributed by atoms with E-state index in [1.165, 1.54) is 5.57 Å². The number of likely N-dealkylation sites (tertiary alicyclic amines) is 1. The summed E-state index contributed by atoms with van der Waals surface area (Å²) in [5, 5.41) is 20.2. The Balaban J connectivity index is 1.32. The van der Waals surface area contributed by atoms with Crippen LogP contribution in [0.4, 0.5) is 4.79 Å². The molecule has 5 rings (SSSR count). The monoisotopic (exact) mass is 527 g/mol. The van der Waals surface area contributed by atoms with Crippen molar-refractivity contribution in [3.63, 3.8) is 0 Å². The fourth-order valence-corrected chi connectivity index (χ4v) is 9.83. The third-order valence-corrected chi connectivity index (χ3v) is 12.2. The van der Waals surface area contributed by atoms with E-state index in [9.17, 15) is 24.6 Å². The highest BCUT2D eigenvalue weighted by Crippen LogP contribution is 2.66. The molecule has 6 heteroatoms. The molecule has 0 aromatic rings. The van der Waals surface area contributed by atoms with Crippen molar-refractivity contribution in [2.45, 2.75) is 105 Å². The molecular weight excluding hydrogens is 478 g/mol. The van der Waals surface area contributed by atoms with Gasteiger partial charge in [0, 0.05) is 36.3 Å². The Hall–Kier alpha value is -1.69. The van der Waals surface area contributed by atoms with Crippen LogP contribution in [0.2, 0.25) is 0 Å². The van der Waals surface area contributed by atoms with E-state index in [2.05, 4.69) is 40.7 Å². The molecule has 6 nitrogen and oxygen atoms in total. The van der Waals surface area contributed by atoms with Crippen LogP contribution in [0, 0.1) is 51.8 Å². The normalized spacial score (nSPS) is 44.5. The molecule has 4 aliphatic carbocycles. The predicted octanol–water partition coefficient (Wildman–Crippen LogP) is 6.12. The Kier molecular flexibility index (Phi) is 7.14. The second-order valence-electron chi connectivity index (χ2n) is 15.0. The number of carboxylic acid groups (broad SMARTS) is 1. The van der Waals surface area contributed by atoms with Crippen molar-refractivity contribution in [1.82, 2.24) is 4.90 Å². The average Bonchev–Trinajstić information content (AvgIpc) is 3.17. The Morgan fingerprint density at radius 1 is 1.05 bits per heavy atom. The molecule has 5 aliphatic rings. The van der Waals surface area contributed by atoms with E-state index in [4.69, 9.17) is 0 Å². The number of hydrogen-bond donors (Lipinski definition) is 2. The molecule has 6 unspecified atom stereocenters. The van der Waals surface area contributed by atoms with Gasteiger partial charge in [-0.1, -0.05) is 46.3 Å². The maximum Gasteiger partial charge on any atom is 0.407 e. The number of amides is 1. The van der Waals surface area contributed by atoms with E-state index in [0.717, 1.165) is 57.8 Å². The number of nitrogens with zero attached hydrogens (tertiary/aromatic N) is 1. The van der Waals surface area contributed by atoms with Crippen molar-refractivity contribution in [1.29, 1.82) is 0 Å². The second-order valence-corrected chi connectivity index (χ2v) is 15.0. The number of carbonyl (C=O) groups excluding carboxylic acids is 2. The number of fused-ring (bicyclic) bond motifs is 5. The summed E-state index contributed by atoms with van der Waals surface area (Å²) in [6, 6.07) is 0.0259. The number of carbonyl (C=O) groups is 3. The minimum Gasteiger partial charge on any atom is -0.465 e. The maximum atomic E-state index is 14.0.